The van der Waals surface area contributed by atoms with Gasteiger partial charge in [-0.15, -0.1) is 59.3 Å². The van der Waals surface area contributed by atoms with E-state index in [0.29, 0.717) is 0 Å². The van der Waals surface area contributed by atoms with Crippen LogP contribution in [0.5, 0.6) is 0 Å². The summed E-state index contributed by atoms with van der Waals surface area (Å²) in [6, 6.07) is 46.5. The fourth-order valence-corrected chi connectivity index (χ4v) is 4.06. The summed E-state index contributed by atoms with van der Waals surface area (Å²) in [5.74, 6) is 0. The van der Waals surface area contributed by atoms with E-state index in [-0.39, 0.29) is 110 Å². The molecule has 0 N–H and O–H groups in total. The van der Waals surface area contributed by atoms with E-state index in [9.17, 15) is 0 Å². The molecule has 0 atom stereocenters. The monoisotopic (exact) mass is 1060 g/mol. The normalized spacial score (nSPS) is 8.62. The van der Waals surface area contributed by atoms with E-state index in [1.165, 1.54) is 71.2 Å². The number of rotatable bonds is 6. The fraction of sp³-hybridized carbons (Fsp3) is 0.222. The summed E-state index contributed by atoms with van der Waals surface area (Å²) < 4.78 is 0. The Morgan fingerprint density at radius 2 is 0.833 bits per heavy atom. The number of hydrogen-bond acceptors (Lipinski definition) is 0. The smallest absolute Gasteiger partial charge is 1.00 e. The van der Waals surface area contributed by atoms with Gasteiger partial charge in [-0.1, -0.05) is 64.5 Å². The molecule has 42 heavy (non-hydrogen) atoms. The van der Waals surface area contributed by atoms with E-state index in [1.807, 2.05) is 0 Å². The van der Waals surface area contributed by atoms with E-state index < -0.39 is 0 Å². The summed E-state index contributed by atoms with van der Waals surface area (Å²) >= 11 is 0. The zero-order valence-electron chi connectivity index (χ0n) is 24.5. The Kier molecular flexibility index (Phi) is 35.4. The first-order chi connectivity index (χ1) is 17.8. The van der Waals surface area contributed by atoms with Crippen LogP contribution in [-0.4, -0.2) is 0 Å². The first-order valence-electron chi connectivity index (χ1n) is 13.4. The van der Waals surface area contributed by atoms with Crippen LogP contribution in [0.4, 0.5) is 0 Å². The maximum absolute atomic E-state index is 2.23. The molecule has 0 aliphatic carbocycles. The molecule has 0 radical (unpaired) electrons. The summed E-state index contributed by atoms with van der Waals surface area (Å²) in [5, 5.41) is 5.32. The Bertz CT molecular complexity index is 1160. The summed E-state index contributed by atoms with van der Waals surface area (Å²) in [4.78, 5) is 0. The van der Waals surface area contributed by atoms with Crippen molar-refractivity contribution in [3.8, 4) is 0 Å². The number of halogens is 4. The summed E-state index contributed by atoms with van der Waals surface area (Å²) in [6.45, 7) is 4.45. The molecule has 0 aromatic heterocycles. The molecule has 6 aromatic rings. The largest absolute Gasteiger partial charge is 4.00 e. The topological polar surface area (TPSA) is 0 Å². The number of benzene rings is 2. The predicted octanol–water partition coefficient (Wildman–Crippen LogP) is -1.38. The van der Waals surface area contributed by atoms with Gasteiger partial charge in [0.1, 0.15) is 0 Å². The van der Waals surface area contributed by atoms with Crippen molar-refractivity contribution in [2.24, 2.45) is 0 Å². The van der Waals surface area contributed by atoms with Crippen LogP contribution in [-0.2, 0) is 64.5 Å². The molecular formula is C36H40Br2Cl2Hf2. The molecule has 0 bridgehead atoms. The van der Waals surface area contributed by atoms with Crippen molar-refractivity contribution >= 4 is 21.5 Å². The van der Waals surface area contributed by atoms with Gasteiger partial charge in [0.25, 0.3) is 0 Å². The first kappa shape index (κ1) is 48.5. The van der Waals surface area contributed by atoms with Gasteiger partial charge in [-0.2, -0.15) is 70.4 Å². The number of unbranched alkanes of at least 4 members (excludes halogenated alkanes) is 2. The summed E-state index contributed by atoms with van der Waals surface area (Å²) in [6.07, 6.45) is 7.75. The van der Waals surface area contributed by atoms with Crippen LogP contribution in [0.25, 0.3) is 21.5 Å². The molecule has 0 unspecified atom stereocenters. The molecule has 0 saturated heterocycles. The third kappa shape index (κ3) is 19.1. The van der Waals surface area contributed by atoms with Crippen molar-refractivity contribution in [3.63, 3.8) is 0 Å². The van der Waals surface area contributed by atoms with Crippen LogP contribution in [0, 0.1) is 0 Å². The Morgan fingerprint density at radius 3 is 1.14 bits per heavy atom. The van der Waals surface area contributed by atoms with Gasteiger partial charge in [0.2, 0.25) is 0 Å². The first-order valence-corrected chi connectivity index (χ1v) is 13.4. The van der Waals surface area contributed by atoms with Gasteiger partial charge in [0, 0.05) is 0 Å². The van der Waals surface area contributed by atoms with Gasteiger partial charge in [-0.05, 0) is 0 Å². The number of hydrogen-bond donors (Lipinski definition) is 0. The van der Waals surface area contributed by atoms with E-state index in [0.717, 1.165) is 0 Å². The minimum absolute atomic E-state index is 0. The van der Waals surface area contributed by atoms with Crippen LogP contribution in [0.1, 0.15) is 50.7 Å². The van der Waals surface area contributed by atoms with Gasteiger partial charge < -0.3 is 58.8 Å². The fourth-order valence-electron chi connectivity index (χ4n) is 4.06. The van der Waals surface area contributed by atoms with Crippen molar-refractivity contribution in [2.45, 2.75) is 52.4 Å². The number of fused-ring (bicyclic) bond motifs is 2. The second-order valence-corrected chi connectivity index (χ2v) is 9.10. The zero-order valence-corrected chi connectivity index (χ0v) is 36.3. The Morgan fingerprint density at radius 1 is 0.500 bits per heavy atom. The van der Waals surface area contributed by atoms with Gasteiger partial charge in [0.15, 0.2) is 0 Å². The van der Waals surface area contributed by atoms with E-state index >= 15 is 0 Å². The molecule has 0 fully saturated rings. The Hall–Kier alpha value is -0.360. The Labute approximate surface area is 325 Å². The van der Waals surface area contributed by atoms with E-state index in [2.05, 4.69) is 147 Å². The molecule has 0 nitrogen and oxygen atoms in total. The SMILES string of the molecule is CCCC[c-]1cccc1.CCCC[c-]1cccc1.[Br-].[Br-].[Cl-].[Cl-].[Hf+4].[Hf+4].c1ccc2[cH-]ccc2c1.c1ccc2[cH-]ccc2c1. The van der Waals surface area contributed by atoms with Gasteiger partial charge in [0.05, 0.1) is 0 Å². The average Bonchev–Trinajstić information content (AvgIpc) is 3.75. The molecular weight excluding hydrogens is 1020 g/mol. The van der Waals surface area contributed by atoms with Crippen molar-refractivity contribution in [1.82, 2.24) is 0 Å². The standard InChI is InChI=1S/2C9H7.2C9H13.2BrH.2ClH.2Hf/c2*1-2-5-9-7-3-6-8(9)4-1;2*1-2-3-6-9-7-4-5-8-9;;;;;;/h2*1-7H;2*4-5,7-8H,2-3,6H2,1H3;4*1H;;/q4*-1;;;;;2*+4/p-4. The van der Waals surface area contributed by atoms with Crippen LogP contribution < -0.4 is 58.8 Å². The van der Waals surface area contributed by atoms with Crippen molar-refractivity contribution in [2.75, 3.05) is 0 Å². The van der Waals surface area contributed by atoms with Gasteiger partial charge >= 0.3 is 51.7 Å². The second-order valence-electron chi connectivity index (χ2n) is 9.10. The third-order valence-electron chi connectivity index (χ3n) is 6.20. The van der Waals surface area contributed by atoms with E-state index in [4.69, 9.17) is 0 Å². The zero-order chi connectivity index (χ0) is 25.3. The van der Waals surface area contributed by atoms with Gasteiger partial charge in [-0.25, -0.2) is 24.3 Å². The van der Waals surface area contributed by atoms with Crippen molar-refractivity contribution in [3.05, 3.63) is 145 Å². The average molecular weight is 1060 g/mol. The minimum Gasteiger partial charge on any atom is -1.00 e. The predicted molar refractivity (Wildman–Crippen MR) is 160 cm³/mol. The molecule has 0 aliphatic rings. The van der Waals surface area contributed by atoms with Crippen LogP contribution in [0.15, 0.2) is 133 Å². The quantitative estimate of drug-likeness (QED) is 0.143. The van der Waals surface area contributed by atoms with E-state index in [1.54, 1.807) is 0 Å². The third-order valence-corrected chi connectivity index (χ3v) is 6.20. The van der Waals surface area contributed by atoms with Crippen molar-refractivity contribution < 1.29 is 110 Å². The second kappa shape index (κ2) is 30.7. The molecule has 6 rings (SSSR count). The van der Waals surface area contributed by atoms with Crippen LogP contribution >= 0.6 is 0 Å². The maximum Gasteiger partial charge on any atom is 4.00 e. The molecule has 6 heteroatoms. The molecule has 6 aromatic carbocycles. The Balaban J connectivity index is -0.000000219. The molecule has 0 amide bonds. The van der Waals surface area contributed by atoms with Gasteiger partial charge in [-0.3, -0.25) is 0 Å². The molecule has 0 saturated carbocycles. The minimum atomic E-state index is 0. The molecule has 0 spiro atoms. The molecule has 0 aliphatic heterocycles. The van der Waals surface area contributed by atoms with Crippen LogP contribution in [0.3, 0.4) is 0 Å². The summed E-state index contributed by atoms with van der Waals surface area (Å²) in [7, 11) is 0. The maximum atomic E-state index is 2.23. The summed E-state index contributed by atoms with van der Waals surface area (Å²) in [5.41, 5.74) is 2.97. The molecule has 0 heterocycles. The number of aryl methyl sites for hydroxylation is 2. The van der Waals surface area contributed by atoms with Crippen LogP contribution in [0.2, 0.25) is 0 Å². The molecule has 220 valence electrons. The van der Waals surface area contributed by atoms with Crippen molar-refractivity contribution in [1.29, 1.82) is 0 Å².